The van der Waals surface area contributed by atoms with Crippen molar-refractivity contribution < 1.29 is 23.1 Å². The van der Waals surface area contributed by atoms with Crippen LogP contribution in [-0.4, -0.2) is 19.0 Å². The number of alkyl halides is 1. The van der Waals surface area contributed by atoms with Crippen LogP contribution in [0.5, 0.6) is 0 Å². The van der Waals surface area contributed by atoms with Gasteiger partial charge in [-0.3, -0.25) is 4.79 Å². The van der Waals surface area contributed by atoms with Crippen LogP contribution in [0.25, 0.3) is 0 Å². The van der Waals surface area contributed by atoms with Crippen LogP contribution in [-0.2, 0) is 11.4 Å². The topological polar surface area (TPSA) is 55.4 Å². The molecule has 0 aromatic heterocycles. The number of methoxy groups -OCH3 is 1. The summed E-state index contributed by atoms with van der Waals surface area (Å²) in [6.07, 6.45) is 0. The number of anilines is 1. The Morgan fingerprint density at radius 2 is 1.91 bits per heavy atom. The fraction of sp³-hybridized carbons (Fsp3) is 0.125. The number of amides is 1. The molecule has 0 saturated heterocycles. The number of hydrogen-bond donors (Lipinski definition) is 1. The molecule has 0 spiro atoms. The molecule has 2 rings (SSSR count). The Kier molecular flexibility index (Phi) is 4.83. The van der Waals surface area contributed by atoms with Crippen molar-refractivity contribution in [2.24, 2.45) is 0 Å². The van der Waals surface area contributed by atoms with E-state index in [1.54, 1.807) is 0 Å². The number of benzene rings is 2. The molecule has 0 heterocycles. The van der Waals surface area contributed by atoms with Gasteiger partial charge in [0.1, 0.15) is 6.67 Å². The van der Waals surface area contributed by atoms with Gasteiger partial charge in [-0.25, -0.2) is 13.6 Å². The lowest BCUT2D eigenvalue weighted by Crippen LogP contribution is -2.15. The fourth-order valence-corrected chi connectivity index (χ4v) is 1.89. The molecule has 0 aliphatic carbocycles. The monoisotopic (exact) mass is 305 g/mol. The molecular formula is C16H13F2NO3. The lowest BCUT2D eigenvalue weighted by molar-refractivity contribution is 0.0595. The number of ether oxygens (including phenoxy) is 1. The van der Waals surface area contributed by atoms with Gasteiger partial charge in [0.15, 0.2) is 5.82 Å². The van der Waals surface area contributed by atoms with Crippen LogP contribution in [0.3, 0.4) is 0 Å². The Balaban J connectivity index is 2.27. The molecule has 4 nitrogen and oxygen atoms in total. The zero-order valence-electron chi connectivity index (χ0n) is 11.7. The second-order valence-electron chi connectivity index (χ2n) is 4.45. The van der Waals surface area contributed by atoms with E-state index in [2.05, 4.69) is 10.1 Å². The van der Waals surface area contributed by atoms with Crippen molar-refractivity contribution in [2.45, 2.75) is 6.67 Å². The highest BCUT2D eigenvalue weighted by Gasteiger charge is 2.17. The van der Waals surface area contributed by atoms with E-state index in [0.29, 0.717) is 5.56 Å². The van der Waals surface area contributed by atoms with Gasteiger partial charge in [-0.1, -0.05) is 18.2 Å². The molecule has 0 radical (unpaired) electrons. The van der Waals surface area contributed by atoms with E-state index in [9.17, 15) is 18.4 Å². The first-order valence-electron chi connectivity index (χ1n) is 6.40. The maximum atomic E-state index is 14.2. The van der Waals surface area contributed by atoms with Crippen LogP contribution in [0.15, 0.2) is 42.5 Å². The normalized spacial score (nSPS) is 10.1. The molecule has 0 atom stereocenters. The molecule has 0 unspecified atom stereocenters. The largest absolute Gasteiger partial charge is 0.465 e. The molecule has 0 aliphatic rings. The summed E-state index contributed by atoms with van der Waals surface area (Å²) in [6, 6.07) is 9.91. The van der Waals surface area contributed by atoms with Gasteiger partial charge in [0, 0.05) is 5.56 Å². The summed E-state index contributed by atoms with van der Waals surface area (Å²) in [5, 5.41) is 2.35. The minimum absolute atomic E-state index is 0.154. The summed E-state index contributed by atoms with van der Waals surface area (Å²) >= 11 is 0. The number of halogens is 2. The molecule has 0 aliphatic heterocycles. The zero-order valence-corrected chi connectivity index (χ0v) is 11.7. The van der Waals surface area contributed by atoms with Crippen molar-refractivity contribution in [3.63, 3.8) is 0 Å². The van der Waals surface area contributed by atoms with Gasteiger partial charge in [-0.15, -0.1) is 0 Å². The number of carbonyl (C=O) groups excluding carboxylic acids is 2. The minimum atomic E-state index is -0.885. The molecule has 0 bridgehead atoms. The fourth-order valence-electron chi connectivity index (χ4n) is 1.89. The van der Waals surface area contributed by atoms with E-state index < -0.39 is 24.4 Å². The van der Waals surface area contributed by atoms with Crippen LogP contribution in [0.2, 0.25) is 0 Å². The number of rotatable bonds is 4. The van der Waals surface area contributed by atoms with Crippen LogP contribution < -0.4 is 5.32 Å². The molecule has 2 aromatic carbocycles. The third-order valence-corrected chi connectivity index (χ3v) is 3.00. The van der Waals surface area contributed by atoms with Gasteiger partial charge in [0.05, 0.1) is 18.4 Å². The van der Waals surface area contributed by atoms with Gasteiger partial charge < -0.3 is 10.1 Å². The molecule has 6 heteroatoms. The van der Waals surface area contributed by atoms with Crippen LogP contribution in [0.4, 0.5) is 14.5 Å². The summed E-state index contributed by atoms with van der Waals surface area (Å²) in [5.74, 6) is -2.33. The first-order valence-corrected chi connectivity index (χ1v) is 6.40. The maximum Gasteiger partial charge on any atom is 0.340 e. The molecule has 114 valence electrons. The standard InChI is InChI=1S/C16H13F2NO3/c1-22-16(21)12-6-3-7-13(14(12)18)19-15(20)11-5-2-4-10(8-11)9-17/h2-8H,9H2,1H3,(H,19,20). The second-order valence-corrected chi connectivity index (χ2v) is 4.45. The van der Waals surface area contributed by atoms with Crippen LogP contribution in [0.1, 0.15) is 26.3 Å². The van der Waals surface area contributed by atoms with Crippen molar-refractivity contribution in [1.82, 2.24) is 0 Å². The first kappa shape index (κ1) is 15.6. The summed E-state index contributed by atoms with van der Waals surface area (Å²) in [7, 11) is 1.13. The Bertz CT molecular complexity index is 716. The SMILES string of the molecule is COC(=O)c1cccc(NC(=O)c2cccc(CF)c2)c1F. The lowest BCUT2D eigenvalue weighted by Gasteiger charge is -2.09. The summed E-state index contributed by atoms with van der Waals surface area (Å²) in [6.45, 7) is -0.701. The quantitative estimate of drug-likeness (QED) is 0.881. The van der Waals surface area contributed by atoms with E-state index in [0.717, 1.165) is 7.11 Å². The Morgan fingerprint density at radius 1 is 1.18 bits per heavy atom. The molecule has 1 N–H and O–H groups in total. The Hall–Kier alpha value is -2.76. The third-order valence-electron chi connectivity index (χ3n) is 3.00. The number of hydrogen-bond acceptors (Lipinski definition) is 3. The van der Waals surface area contributed by atoms with Crippen LogP contribution in [0, 0.1) is 5.82 Å². The van der Waals surface area contributed by atoms with Gasteiger partial charge >= 0.3 is 5.97 Å². The Morgan fingerprint density at radius 3 is 2.59 bits per heavy atom. The lowest BCUT2D eigenvalue weighted by atomic mass is 10.1. The van der Waals surface area contributed by atoms with Crippen molar-refractivity contribution in [1.29, 1.82) is 0 Å². The second kappa shape index (κ2) is 6.80. The van der Waals surface area contributed by atoms with Gasteiger partial charge in [0.2, 0.25) is 0 Å². The van der Waals surface area contributed by atoms with E-state index in [1.165, 1.54) is 42.5 Å². The van der Waals surface area contributed by atoms with Crippen molar-refractivity contribution in [3.8, 4) is 0 Å². The van der Waals surface area contributed by atoms with Gasteiger partial charge in [-0.2, -0.15) is 0 Å². The van der Waals surface area contributed by atoms with Crippen molar-refractivity contribution in [2.75, 3.05) is 12.4 Å². The predicted molar refractivity (Wildman–Crippen MR) is 76.9 cm³/mol. The van der Waals surface area contributed by atoms with Gasteiger partial charge in [-0.05, 0) is 29.8 Å². The molecule has 0 fully saturated rings. The highest BCUT2D eigenvalue weighted by molar-refractivity contribution is 6.05. The highest BCUT2D eigenvalue weighted by atomic mass is 19.1. The molecule has 2 aromatic rings. The number of esters is 1. The summed E-state index contributed by atoms with van der Waals surface area (Å²) < 4.78 is 31.2. The van der Waals surface area contributed by atoms with Gasteiger partial charge in [0.25, 0.3) is 5.91 Å². The molecule has 0 saturated carbocycles. The smallest absolute Gasteiger partial charge is 0.340 e. The molecule has 22 heavy (non-hydrogen) atoms. The molecule has 1 amide bonds. The van der Waals surface area contributed by atoms with Crippen LogP contribution >= 0.6 is 0 Å². The summed E-state index contributed by atoms with van der Waals surface area (Å²) in [4.78, 5) is 23.5. The number of carbonyl (C=O) groups is 2. The highest BCUT2D eigenvalue weighted by Crippen LogP contribution is 2.20. The van der Waals surface area contributed by atoms with E-state index in [1.807, 2.05) is 0 Å². The summed E-state index contributed by atoms with van der Waals surface area (Å²) in [5.41, 5.74) is 0.103. The maximum absolute atomic E-state index is 14.2. The van der Waals surface area contributed by atoms with E-state index >= 15 is 0 Å². The third kappa shape index (κ3) is 3.28. The zero-order chi connectivity index (χ0) is 16.1. The Labute approximate surface area is 125 Å². The van der Waals surface area contributed by atoms with E-state index in [4.69, 9.17) is 0 Å². The average molecular weight is 305 g/mol. The molecular weight excluding hydrogens is 292 g/mol. The van der Waals surface area contributed by atoms with Crippen molar-refractivity contribution >= 4 is 17.6 Å². The van der Waals surface area contributed by atoms with E-state index in [-0.39, 0.29) is 16.8 Å². The minimum Gasteiger partial charge on any atom is -0.465 e. The van der Waals surface area contributed by atoms with Crippen molar-refractivity contribution in [3.05, 3.63) is 65.0 Å². The average Bonchev–Trinajstić information content (AvgIpc) is 2.56. The number of nitrogens with one attached hydrogen (secondary N) is 1. The first-order chi connectivity index (χ1) is 10.6. The predicted octanol–water partition coefficient (Wildman–Crippen LogP) is 3.33.